The molecule has 0 aromatic heterocycles. The van der Waals surface area contributed by atoms with Crippen LogP contribution < -0.4 is 0 Å². The van der Waals surface area contributed by atoms with E-state index in [0.29, 0.717) is 6.54 Å². The number of amides is 2. The van der Waals surface area contributed by atoms with Gasteiger partial charge in [0.2, 0.25) is 11.8 Å². The zero-order valence-corrected chi connectivity index (χ0v) is 13.0. The van der Waals surface area contributed by atoms with Gasteiger partial charge in [-0.15, -0.1) is 0 Å². The highest BCUT2D eigenvalue weighted by molar-refractivity contribution is 5.97. The third-order valence-corrected chi connectivity index (χ3v) is 4.41. The predicted octanol–water partition coefficient (Wildman–Crippen LogP) is 0.940. The van der Waals surface area contributed by atoms with Crippen LogP contribution in [0.4, 0.5) is 0 Å². The Morgan fingerprint density at radius 2 is 1.95 bits per heavy atom. The van der Waals surface area contributed by atoms with Gasteiger partial charge in [-0.25, -0.2) is 0 Å². The van der Waals surface area contributed by atoms with Crippen molar-refractivity contribution in [2.45, 2.75) is 51.1 Å². The molecular weight excluding hydrogens is 254 g/mol. The van der Waals surface area contributed by atoms with Crippen molar-refractivity contribution >= 4 is 11.8 Å². The first-order valence-electron chi connectivity index (χ1n) is 7.82. The van der Waals surface area contributed by atoms with Crippen LogP contribution in [-0.4, -0.2) is 72.3 Å². The molecule has 0 aromatic carbocycles. The lowest BCUT2D eigenvalue weighted by molar-refractivity contribution is -0.164. The quantitative estimate of drug-likeness (QED) is 0.753. The van der Waals surface area contributed by atoms with E-state index in [1.807, 2.05) is 30.8 Å². The van der Waals surface area contributed by atoms with Crippen molar-refractivity contribution in [3.63, 3.8) is 0 Å². The molecule has 2 unspecified atom stereocenters. The summed E-state index contributed by atoms with van der Waals surface area (Å²) in [5.41, 5.74) is 0. The second kappa shape index (κ2) is 6.57. The van der Waals surface area contributed by atoms with Gasteiger partial charge in [0.1, 0.15) is 12.1 Å². The van der Waals surface area contributed by atoms with Gasteiger partial charge in [0.15, 0.2) is 0 Å². The maximum Gasteiger partial charge on any atom is 0.246 e. The summed E-state index contributed by atoms with van der Waals surface area (Å²) in [7, 11) is 4.06. The minimum atomic E-state index is -0.237. The van der Waals surface area contributed by atoms with Crippen molar-refractivity contribution in [3.8, 4) is 0 Å². The van der Waals surface area contributed by atoms with E-state index in [9.17, 15) is 9.59 Å². The van der Waals surface area contributed by atoms with Crippen LogP contribution in [0.1, 0.15) is 39.0 Å². The van der Waals surface area contributed by atoms with Crippen molar-refractivity contribution in [1.29, 1.82) is 0 Å². The summed E-state index contributed by atoms with van der Waals surface area (Å²) in [6.45, 7) is 4.41. The van der Waals surface area contributed by atoms with Crippen LogP contribution >= 0.6 is 0 Å². The zero-order valence-electron chi connectivity index (χ0n) is 13.0. The topological polar surface area (TPSA) is 43.9 Å². The Hall–Kier alpha value is -1.10. The molecule has 0 radical (unpaired) electrons. The maximum absolute atomic E-state index is 12.7. The molecule has 0 spiro atoms. The molecule has 2 heterocycles. The molecule has 2 atom stereocenters. The van der Waals surface area contributed by atoms with E-state index in [1.165, 1.54) is 0 Å². The average Bonchev–Trinajstić information content (AvgIpc) is 2.44. The van der Waals surface area contributed by atoms with Crippen LogP contribution in [0.25, 0.3) is 0 Å². The number of rotatable bonds is 5. The Balaban J connectivity index is 2.08. The molecule has 5 nitrogen and oxygen atoms in total. The van der Waals surface area contributed by atoms with E-state index in [4.69, 9.17) is 0 Å². The van der Waals surface area contributed by atoms with Crippen molar-refractivity contribution in [2.24, 2.45) is 0 Å². The number of carbonyl (C=O) groups is 2. The van der Waals surface area contributed by atoms with Crippen LogP contribution in [0, 0.1) is 0 Å². The van der Waals surface area contributed by atoms with Crippen molar-refractivity contribution in [2.75, 3.05) is 33.7 Å². The van der Waals surface area contributed by atoms with Crippen LogP contribution in [0.2, 0.25) is 0 Å². The molecular formula is C15H27N3O2. The highest BCUT2D eigenvalue weighted by Crippen LogP contribution is 2.27. The summed E-state index contributed by atoms with van der Waals surface area (Å²) in [5.74, 6) is 0.344. The minimum absolute atomic E-state index is 0.168. The fourth-order valence-electron chi connectivity index (χ4n) is 3.34. The fourth-order valence-corrected chi connectivity index (χ4v) is 3.34. The molecule has 2 amide bonds. The van der Waals surface area contributed by atoms with Crippen molar-refractivity contribution < 1.29 is 9.59 Å². The molecule has 2 rings (SSSR count). The highest BCUT2D eigenvalue weighted by atomic mass is 16.2. The molecule has 2 aliphatic rings. The molecule has 5 heteroatoms. The van der Waals surface area contributed by atoms with E-state index in [1.54, 1.807) is 0 Å². The van der Waals surface area contributed by atoms with Gasteiger partial charge in [-0.3, -0.25) is 9.59 Å². The first-order chi connectivity index (χ1) is 9.56. The molecule has 2 saturated heterocycles. The van der Waals surface area contributed by atoms with Gasteiger partial charge >= 0.3 is 0 Å². The van der Waals surface area contributed by atoms with Gasteiger partial charge in [0, 0.05) is 13.1 Å². The standard InChI is InChI=1S/C15H27N3O2/c1-4-12-14(19)18-10-6-5-8-13(18)15(20)17(12)11-7-9-16(2)3/h12-13H,4-11H2,1-3H3. The van der Waals surface area contributed by atoms with E-state index in [0.717, 1.165) is 45.2 Å². The molecule has 2 fully saturated rings. The molecule has 114 valence electrons. The number of hydrogen-bond donors (Lipinski definition) is 0. The predicted molar refractivity (Wildman–Crippen MR) is 78.3 cm³/mol. The number of carbonyl (C=O) groups excluding carboxylic acids is 2. The molecule has 0 N–H and O–H groups in total. The Kier molecular flexibility index (Phi) is 5.02. The summed E-state index contributed by atoms with van der Waals surface area (Å²) in [6.07, 6.45) is 4.57. The summed E-state index contributed by atoms with van der Waals surface area (Å²) in [4.78, 5) is 31.0. The van der Waals surface area contributed by atoms with E-state index in [2.05, 4.69) is 4.90 Å². The van der Waals surface area contributed by atoms with Crippen molar-refractivity contribution in [3.05, 3.63) is 0 Å². The first-order valence-corrected chi connectivity index (χ1v) is 7.82. The Bertz CT molecular complexity index is 370. The van der Waals surface area contributed by atoms with E-state index < -0.39 is 0 Å². The zero-order chi connectivity index (χ0) is 14.7. The van der Waals surface area contributed by atoms with Crippen LogP contribution in [0.3, 0.4) is 0 Å². The van der Waals surface area contributed by atoms with E-state index in [-0.39, 0.29) is 23.9 Å². The smallest absolute Gasteiger partial charge is 0.246 e. The van der Waals surface area contributed by atoms with Crippen LogP contribution in [-0.2, 0) is 9.59 Å². The summed E-state index contributed by atoms with van der Waals surface area (Å²) in [6, 6.07) is -0.419. The summed E-state index contributed by atoms with van der Waals surface area (Å²) < 4.78 is 0. The minimum Gasteiger partial charge on any atom is -0.329 e. The van der Waals surface area contributed by atoms with Gasteiger partial charge in [-0.2, -0.15) is 0 Å². The lowest BCUT2D eigenvalue weighted by Gasteiger charge is -2.47. The number of nitrogens with zero attached hydrogens (tertiary/aromatic N) is 3. The Morgan fingerprint density at radius 3 is 2.60 bits per heavy atom. The van der Waals surface area contributed by atoms with Gasteiger partial charge in [0.05, 0.1) is 0 Å². The number of hydrogen-bond acceptors (Lipinski definition) is 3. The first kappa shape index (κ1) is 15.3. The lowest BCUT2D eigenvalue weighted by atomic mass is 9.94. The molecule has 20 heavy (non-hydrogen) atoms. The third kappa shape index (κ3) is 2.97. The fraction of sp³-hybridized carbons (Fsp3) is 0.867. The van der Waals surface area contributed by atoms with Crippen molar-refractivity contribution in [1.82, 2.24) is 14.7 Å². The summed E-state index contributed by atoms with van der Waals surface area (Å²) >= 11 is 0. The van der Waals surface area contributed by atoms with Gasteiger partial charge in [-0.05, 0) is 52.7 Å². The largest absolute Gasteiger partial charge is 0.329 e. The average molecular weight is 281 g/mol. The van der Waals surface area contributed by atoms with Crippen LogP contribution in [0.5, 0.6) is 0 Å². The number of fused-ring (bicyclic) bond motifs is 1. The third-order valence-electron chi connectivity index (χ3n) is 4.41. The second-order valence-corrected chi connectivity index (χ2v) is 6.16. The molecule has 0 aromatic rings. The van der Waals surface area contributed by atoms with Gasteiger partial charge in [0.25, 0.3) is 0 Å². The molecule has 0 bridgehead atoms. The van der Waals surface area contributed by atoms with Gasteiger partial charge in [-0.1, -0.05) is 6.92 Å². The molecule has 2 aliphatic heterocycles. The Labute approximate surface area is 121 Å². The SMILES string of the molecule is CCC1C(=O)N2CCCCC2C(=O)N1CCCN(C)C. The molecule has 0 aliphatic carbocycles. The lowest BCUT2D eigenvalue weighted by Crippen LogP contribution is -2.65. The maximum atomic E-state index is 12.7. The monoisotopic (exact) mass is 281 g/mol. The second-order valence-electron chi connectivity index (χ2n) is 6.16. The number of piperazine rings is 1. The highest BCUT2D eigenvalue weighted by Gasteiger charge is 2.45. The van der Waals surface area contributed by atoms with Crippen LogP contribution in [0.15, 0.2) is 0 Å². The Morgan fingerprint density at radius 1 is 1.20 bits per heavy atom. The normalized spacial score (nSPS) is 27.2. The summed E-state index contributed by atoms with van der Waals surface area (Å²) in [5, 5.41) is 0. The van der Waals surface area contributed by atoms with E-state index >= 15 is 0 Å². The van der Waals surface area contributed by atoms with Gasteiger partial charge < -0.3 is 14.7 Å². The number of piperidine rings is 1. The molecule has 0 saturated carbocycles.